The Morgan fingerprint density at radius 1 is 1.14 bits per heavy atom. The Labute approximate surface area is 171 Å². The van der Waals surface area contributed by atoms with E-state index in [0.29, 0.717) is 17.2 Å². The monoisotopic (exact) mass is 395 g/mol. The molecule has 0 unspecified atom stereocenters. The second-order valence-electron chi connectivity index (χ2n) is 7.75. The van der Waals surface area contributed by atoms with Gasteiger partial charge in [0.1, 0.15) is 0 Å². The normalized spacial score (nSPS) is 15.6. The number of carbonyl (C=O) groups excluding carboxylic acids is 2. The third-order valence-corrected chi connectivity index (χ3v) is 5.48. The van der Waals surface area contributed by atoms with Gasteiger partial charge in [0.15, 0.2) is 0 Å². The van der Waals surface area contributed by atoms with E-state index in [1.54, 1.807) is 12.1 Å². The number of aliphatic hydroxyl groups excluding tert-OH is 1. The summed E-state index contributed by atoms with van der Waals surface area (Å²) in [5.41, 5.74) is 2.92. The van der Waals surface area contributed by atoms with E-state index in [9.17, 15) is 14.7 Å². The number of nitrogens with one attached hydrogen (secondary N) is 2. The SMILES string of the molecule is Cc1cc(C(=O)N2CCC(C)CC2)ccc1NC(=O)N[C@H](CO)c1ccccc1. The quantitative estimate of drug-likeness (QED) is 0.722. The highest BCUT2D eigenvalue weighted by Crippen LogP contribution is 2.21. The van der Waals surface area contributed by atoms with E-state index in [-0.39, 0.29) is 12.5 Å². The predicted octanol–water partition coefficient (Wildman–Crippen LogP) is 3.72. The van der Waals surface area contributed by atoms with Crippen LogP contribution in [-0.2, 0) is 0 Å². The minimum Gasteiger partial charge on any atom is -0.394 e. The summed E-state index contributed by atoms with van der Waals surface area (Å²) in [6, 6.07) is 13.8. The number of carbonyl (C=O) groups is 2. The summed E-state index contributed by atoms with van der Waals surface area (Å²) in [5.74, 6) is 0.713. The Hall–Kier alpha value is -2.86. The largest absolute Gasteiger partial charge is 0.394 e. The Morgan fingerprint density at radius 2 is 1.83 bits per heavy atom. The maximum Gasteiger partial charge on any atom is 0.319 e. The summed E-state index contributed by atoms with van der Waals surface area (Å²) < 4.78 is 0. The van der Waals surface area contributed by atoms with Gasteiger partial charge in [-0.2, -0.15) is 0 Å². The molecule has 3 N–H and O–H groups in total. The predicted molar refractivity (Wildman–Crippen MR) is 114 cm³/mol. The lowest BCUT2D eigenvalue weighted by Crippen LogP contribution is -2.38. The summed E-state index contributed by atoms with van der Waals surface area (Å²) in [4.78, 5) is 27.0. The fourth-order valence-electron chi connectivity index (χ4n) is 3.57. The molecular weight excluding hydrogens is 366 g/mol. The molecule has 29 heavy (non-hydrogen) atoms. The van der Waals surface area contributed by atoms with Crippen LogP contribution in [0.15, 0.2) is 48.5 Å². The van der Waals surface area contributed by atoms with Crippen molar-refractivity contribution in [1.82, 2.24) is 10.2 Å². The van der Waals surface area contributed by atoms with Crippen LogP contribution < -0.4 is 10.6 Å². The molecule has 3 rings (SSSR count). The van der Waals surface area contributed by atoms with Crippen LogP contribution >= 0.6 is 0 Å². The fourth-order valence-corrected chi connectivity index (χ4v) is 3.57. The fraction of sp³-hybridized carbons (Fsp3) is 0.391. The molecule has 6 heteroatoms. The van der Waals surface area contributed by atoms with E-state index in [4.69, 9.17) is 0 Å². The van der Waals surface area contributed by atoms with E-state index in [0.717, 1.165) is 37.1 Å². The van der Waals surface area contributed by atoms with Gasteiger partial charge in [0, 0.05) is 24.3 Å². The van der Waals surface area contributed by atoms with Crippen molar-refractivity contribution in [2.45, 2.75) is 32.7 Å². The highest BCUT2D eigenvalue weighted by atomic mass is 16.3. The van der Waals surface area contributed by atoms with Crippen LogP contribution in [-0.4, -0.2) is 41.6 Å². The number of nitrogens with zero attached hydrogens (tertiary/aromatic N) is 1. The number of piperidine rings is 1. The number of amides is 3. The molecule has 1 saturated heterocycles. The number of urea groups is 1. The molecule has 1 aliphatic rings. The molecule has 2 aromatic carbocycles. The van der Waals surface area contributed by atoms with Crippen LogP contribution in [0.3, 0.4) is 0 Å². The van der Waals surface area contributed by atoms with Gasteiger partial charge in [0.2, 0.25) is 0 Å². The zero-order valence-corrected chi connectivity index (χ0v) is 17.0. The van der Waals surface area contributed by atoms with Gasteiger partial charge in [-0.3, -0.25) is 4.79 Å². The van der Waals surface area contributed by atoms with Gasteiger partial charge < -0.3 is 20.6 Å². The molecule has 1 heterocycles. The van der Waals surface area contributed by atoms with Crippen molar-refractivity contribution in [3.8, 4) is 0 Å². The van der Waals surface area contributed by atoms with Gasteiger partial charge in [0.05, 0.1) is 12.6 Å². The average Bonchev–Trinajstić information content (AvgIpc) is 2.74. The topological polar surface area (TPSA) is 81.7 Å². The van der Waals surface area contributed by atoms with Crippen LogP contribution in [0.5, 0.6) is 0 Å². The van der Waals surface area contributed by atoms with Crippen molar-refractivity contribution in [3.63, 3.8) is 0 Å². The standard InChI is InChI=1S/C23H29N3O3/c1-16-10-12-26(13-11-16)22(28)19-8-9-20(17(2)14-19)24-23(29)25-21(15-27)18-6-4-3-5-7-18/h3-9,14,16,21,27H,10-13,15H2,1-2H3,(H2,24,25,29)/t21-/m1/s1. The number of aliphatic hydroxyl groups is 1. The molecule has 0 spiro atoms. The first-order valence-electron chi connectivity index (χ1n) is 10.1. The van der Waals surface area contributed by atoms with Crippen molar-refractivity contribution in [3.05, 3.63) is 65.2 Å². The summed E-state index contributed by atoms with van der Waals surface area (Å²) in [7, 11) is 0. The molecule has 154 valence electrons. The van der Waals surface area contributed by atoms with E-state index in [1.807, 2.05) is 48.2 Å². The van der Waals surface area contributed by atoms with Crippen LogP contribution in [0.2, 0.25) is 0 Å². The van der Waals surface area contributed by atoms with Crippen LogP contribution in [0.1, 0.15) is 47.3 Å². The average molecular weight is 396 g/mol. The maximum absolute atomic E-state index is 12.7. The van der Waals surface area contributed by atoms with Gasteiger partial charge in [-0.05, 0) is 55.0 Å². The first-order chi connectivity index (χ1) is 14.0. The zero-order chi connectivity index (χ0) is 20.8. The molecule has 1 atom stereocenters. The third kappa shape index (κ3) is 5.35. The number of anilines is 1. The molecule has 0 aromatic heterocycles. The summed E-state index contributed by atoms with van der Waals surface area (Å²) in [5, 5.41) is 15.2. The van der Waals surface area contributed by atoms with Gasteiger partial charge in [-0.15, -0.1) is 0 Å². The molecular formula is C23H29N3O3. The minimum atomic E-state index is -0.487. The second kappa shape index (κ2) is 9.56. The second-order valence-corrected chi connectivity index (χ2v) is 7.75. The van der Waals surface area contributed by atoms with Gasteiger partial charge in [0.25, 0.3) is 5.91 Å². The van der Waals surface area contributed by atoms with Crippen molar-refractivity contribution in [2.24, 2.45) is 5.92 Å². The number of likely N-dealkylation sites (tertiary alicyclic amines) is 1. The van der Waals surface area contributed by atoms with Crippen molar-refractivity contribution in [1.29, 1.82) is 0 Å². The molecule has 3 amide bonds. The lowest BCUT2D eigenvalue weighted by Gasteiger charge is -2.30. The molecule has 2 aromatic rings. The molecule has 1 aliphatic heterocycles. The minimum absolute atomic E-state index is 0.0421. The van der Waals surface area contributed by atoms with Crippen LogP contribution in [0.25, 0.3) is 0 Å². The Morgan fingerprint density at radius 3 is 2.45 bits per heavy atom. The van der Waals surface area contributed by atoms with Crippen LogP contribution in [0.4, 0.5) is 10.5 Å². The molecule has 0 radical (unpaired) electrons. The van der Waals surface area contributed by atoms with E-state index in [2.05, 4.69) is 17.6 Å². The number of hydrogen-bond donors (Lipinski definition) is 3. The van der Waals surface area contributed by atoms with Crippen molar-refractivity contribution in [2.75, 3.05) is 25.0 Å². The van der Waals surface area contributed by atoms with E-state index in [1.165, 1.54) is 0 Å². The third-order valence-electron chi connectivity index (χ3n) is 5.48. The summed E-state index contributed by atoms with van der Waals surface area (Å²) in [6.45, 7) is 5.48. The number of aryl methyl sites for hydroxylation is 1. The van der Waals surface area contributed by atoms with Crippen molar-refractivity contribution < 1.29 is 14.7 Å². The molecule has 0 aliphatic carbocycles. The highest BCUT2D eigenvalue weighted by Gasteiger charge is 2.22. The molecule has 0 saturated carbocycles. The van der Waals surface area contributed by atoms with Gasteiger partial charge in [-0.25, -0.2) is 4.79 Å². The van der Waals surface area contributed by atoms with Gasteiger partial charge in [-0.1, -0.05) is 37.3 Å². The molecule has 6 nitrogen and oxygen atoms in total. The summed E-state index contributed by atoms with van der Waals surface area (Å²) in [6.07, 6.45) is 2.08. The number of hydrogen-bond acceptors (Lipinski definition) is 3. The highest BCUT2D eigenvalue weighted by molar-refractivity contribution is 5.96. The Bertz CT molecular complexity index is 846. The van der Waals surface area contributed by atoms with Crippen LogP contribution in [0, 0.1) is 12.8 Å². The maximum atomic E-state index is 12.7. The number of benzene rings is 2. The van der Waals surface area contributed by atoms with E-state index >= 15 is 0 Å². The molecule has 0 bridgehead atoms. The Balaban J connectivity index is 1.62. The molecule has 1 fully saturated rings. The summed E-state index contributed by atoms with van der Waals surface area (Å²) >= 11 is 0. The lowest BCUT2D eigenvalue weighted by atomic mass is 9.98. The Kier molecular flexibility index (Phi) is 6.88. The lowest BCUT2D eigenvalue weighted by molar-refractivity contribution is 0.0697. The van der Waals surface area contributed by atoms with E-state index < -0.39 is 12.1 Å². The van der Waals surface area contributed by atoms with Crippen molar-refractivity contribution >= 4 is 17.6 Å². The zero-order valence-electron chi connectivity index (χ0n) is 17.0. The first-order valence-corrected chi connectivity index (χ1v) is 10.1. The van der Waals surface area contributed by atoms with Gasteiger partial charge >= 0.3 is 6.03 Å². The number of rotatable bonds is 5. The smallest absolute Gasteiger partial charge is 0.319 e. The first kappa shape index (κ1) is 20.9.